The van der Waals surface area contributed by atoms with E-state index in [1.807, 2.05) is 41.2 Å². The summed E-state index contributed by atoms with van der Waals surface area (Å²) in [5.74, 6) is -0.898. The number of aromatic carboxylic acids is 1. The molecule has 0 fully saturated rings. The van der Waals surface area contributed by atoms with E-state index in [9.17, 15) is 4.79 Å². The van der Waals surface area contributed by atoms with Gasteiger partial charge in [0, 0.05) is 29.7 Å². The van der Waals surface area contributed by atoms with Crippen LogP contribution in [0.25, 0.3) is 16.6 Å². The summed E-state index contributed by atoms with van der Waals surface area (Å²) in [5, 5.41) is 10.1. The van der Waals surface area contributed by atoms with Crippen molar-refractivity contribution >= 4 is 16.9 Å². The van der Waals surface area contributed by atoms with Gasteiger partial charge < -0.3 is 9.67 Å². The summed E-state index contributed by atoms with van der Waals surface area (Å²) in [5.41, 5.74) is 3.09. The summed E-state index contributed by atoms with van der Waals surface area (Å²) in [6, 6.07) is 9.26. The average molecular weight is 252 g/mol. The normalized spacial score (nSPS) is 10.8. The number of nitrogens with zero attached hydrogens (tertiary/aromatic N) is 2. The van der Waals surface area contributed by atoms with Crippen molar-refractivity contribution in [3.05, 3.63) is 60.0 Å². The molecule has 0 saturated heterocycles. The molecule has 19 heavy (non-hydrogen) atoms. The van der Waals surface area contributed by atoms with Crippen molar-refractivity contribution in [1.82, 2.24) is 9.55 Å². The molecule has 0 amide bonds. The predicted molar refractivity (Wildman–Crippen MR) is 72.8 cm³/mol. The second kappa shape index (κ2) is 4.24. The molecule has 4 heteroatoms. The van der Waals surface area contributed by atoms with Gasteiger partial charge >= 0.3 is 5.97 Å². The molecule has 0 spiro atoms. The van der Waals surface area contributed by atoms with Gasteiger partial charge in [-0.15, -0.1) is 0 Å². The molecule has 0 atom stereocenters. The second-order valence-corrected chi connectivity index (χ2v) is 4.42. The van der Waals surface area contributed by atoms with Crippen LogP contribution in [0.15, 0.2) is 48.9 Å². The number of pyridine rings is 1. The van der Waals surface area contributed by atoms with Gasteiger partial charge in [-0.3, -0.25) is 4.98 Å². The van der Waals surface area contributed by atoms with Crippen molar-refractivity contribution in [3.8, 4) is 5.69 Å². The van der Waals surface area contributed by atoms with E-state index in [0.29, 0.717) is 5.56 Å². The van der Waals surface area contributed by atoms with Crippen LogP contribution >= 0.6 is 0 Å². The van der Waals surface area contributed by atoms with Gasteiger partial charge in [-0.25, -0.2) is 4.79 Å². The maximum Gasteiger partial charge on any atom is 0.335 e. The highest BCUT2D eigenvalue weighted by atomic mass is 16.4. The van der Waals surface area contributed by atoms with Gasteiger partial charge in [0.05, 0.1) is 11.1 Å². The molecule has 0 saturated carbocycles. The molecular formula is C15H12N2O2. The van der Waals surface area contributed by atoms with Crippen molar-refractivity contribution in [2.45, 2.75) is 6.92 Å². The minimum atomic E-state index is -0.898. The number of hydrogen-bond donors (Lipinski definition) is 1. The molecule has 2 aromatic heterocycles. The lowest BCUT2D eigenvalue weighted by molar-refractivity contribution is 0.0696. The van der Waals surface area contributed by atoms with Crippen molar-refractivity contribution in [2.75, 3.05) is 0 Å². The van der Waals surface area contributed by atoms with E-state index in [1.54, 1.807) is 19.2 Å². The molecule has 1 aromatic carbocycles. The van der Waals surface area contributed by atoms with Gasteiger partial charge in [0.1, 0.15) is 0 Å². The maximum atomic E-state index is 11.0. The van der Waals surface area contributed by atoms with Crippen LogP contribution in [0.2, 0.25) is 0 Å². The fourth-order valence-electron chi connectivity index (χ4n) is 2.25. The average Bonchev–Trinajstić information content (AvgIpc) is 2.82. The Labute approximate surface area is 109 Å². The minimum Gasteiger partial charge on any atom is -0.478 e. The number of carbonyl (C=O) groups is 1. The zero-order valence-electron chi connectivity index (χ0n) is 10.4. The maximum absolute atomic E-state index is 11.0. The van der Waals surface area contributed by atoms with Gasteiger partial charge in [0.2, 0.25) is 0 Å². The van der Waals surface area contributed by atoms with Crippen LogP contribution in [0.3, 0.4) is 0 Å². The summed E-state index contributed by atoms with van der Waals surface area (Å²) in [4.78, 5) is 15.1. The van der Waals surface area contributed by atoms with Crippen molar-refractivity contribution in [3.63, 3.8) is 0 Å². The first-order valence-corrected chi connectivity index (χ1v) is 5.92. The molecule has 0 unspecified atom stereocenters. The topological polar surface area (TPSA) is 55.1 Å². The van der Waals surface area contributed by atoms with Gasteiger partial charge in [0.15, 0.2) is 0 Å². The lowest BCUT2D eigenvalue weighted by Crippen LogP contribution is -2.01. The first kappa shape index (κ1) is 11.5. The fourth-order valence-corrected chi connectivity index (χ4v) is 2.25. The van der Waals surface area contributed by atoms with E-state index in [2.05, 4.69) is 4.98 Å². The summed E-state index contributed by atoms with van der Waals surface area (Å²) in [7, 11) is 0. The molecular weight excluding hydrogens is 240 g/mol. The highest BCUT2D eigenvalue weighted by Crippen LogP contribution is 2.21. The summed E-state index contributed by atoms with van der Waals surface area (Å²) in [6.45, 7) is 1.81. The molecule has 0 aliphatic carbocycles. The number of carboxylic acid groups (broad SMARTS) is 1. The predicted octanol–water partition coefficient (Wildman–Crippen LogP) is 3.03. The number of carboxylic acids is 1. The van der Waals surface area contributed by atoms with Crippen LogP contribution in [-0.4, -0.2) is 20.6 Å². The van der Waals surface area contributed by atoms with Crippen LogP contribution in [0.5, 0.6) is 0 Å². The number of hydrogen-bond acceptors (Lipinski definition) is 2. The number of benzene rings is 1. The third kappa shape index (κ3) is 1.87. The fraction of sp³-hybridized carbons (Fsp3) is 0.0667. The number of aromatic nitrogens is 2. The molecule has 3 aromatic rings. The SMILES string of the molecule is Cc1cc(-n2ccc3cnccc32)ccc1C(=O)O. The van der Waals surface area contributed by atoms with Crippen LogP contribution in [0.1, 0.15) is 15.9 Å². The molecule has 3 rings (SSSR count). The summed E-state index contributed by atoms with van der Waals surface area (Å²) < 4.78 is 2.02. The monoisotopic (exact) mass is 252 g/mol. The number of aryl methyl sites for hydroxylation is 1. The zero-order valence-corrected chi connectivity index (χ0v) is 10.4. The Hall–Kier alpha value is -2.62. The number of rotatable bonds is 2. The van der Waals surface area contributed by atoms with E-state index in [-0.39, 0.29) is 0 Å². The summed E-state index contributed by atoms with van der Waals surface area (Å²) in [6.07, 6.45) is 5.52. The molecule has 0 aliphatic heterocycles. The van der Waals surface area contributed by atoms with Crippen molar-refractivity contribution in [2.24, 2.45) is 0 Å². The Bertz CT molecular complexity index is 775. The van der Waals surface area contributed by atoms with E-state index < -0.39 is 5.97 Å². The first-order valence-electron chi connectivity index (χ1n) is 5.92. The van der Waals surface area contributed by atoms with Crippen molar-refractivity contribution in [1.29, 1.82) is 0 Å². The van der Waals surface area contributed by atoms with Gasteiger partial charge in [-0.05, 0) is 42.8 Å². The van der Waals surface area contributed by atoms with Crippen LogP contribution < -0.4 is 0 Å². The quantitative estimate of drug-likeness (QED) is 0.762. The van der Waals surface area contributed by atoms with Crippen LogP contribution in [-0.2, 0) is 0 Å². The zero-order chi connectivity index (χ0) is 13.4. The third-order valence-electron chi connectivity index (χ3n) is 3.21. The highest BCUT2D eigenvalue weighted by molar-refractivity contribution is 5.90. The Morgan fingerprint density at radius 3 is 2.84 bits per heavy atom. The van der Waals surface area contributed by atoms with Gasteiger partial charge in [-0.2, -0.15) is 0 Å². The van der Waals surface area contributed by atoms with Crippen molar-refractivity contribution < 1.29 is 9.90 Å². The minimum absolute atomic E-state index is 0.335. The largest absolute Gasteiger partial charge is 0.478 e. The Balaban J connectivity index is 2.17. The molecule has 0 radical (unpaired) electrons. The lowest BCUT2D eigenvalue weighted by Gasteiger charge is -2.08. The molecule has 2 heterocycles. The van der Waals surface area contributed by atoms with E-state index >= 15 is 0 Å². The number of fused-ring (bicyclic) bond motifs is 1. The van der Waals surface area contributed by atoms with E-state index in [4.69, 9.17) is 5.11 Å². The Morgan fingerprint density at radius 1 is 1.26 bits per heavy atom. The third-order valence-corrected chi connectivity index (χ3v) is 3.21. The first-order chi connectivity index (χ1) is 9.16. The molecule has 4 nitrogen and oxygen atoms in total. The molecule has 0 aliphatic rings. The summed E-state index contributed by atoms with van der Waals surface area (Å²) >= 11 is 0. The van der Waals surface area contributed by atoms with Gasteiger partial charge in [-0.1, -0.05) is 0 Å². The van der Waals surface area contributed by atoms with Crippen LogP contribution in [0, 0.1) is 6.92 Å². The van der Waals surface area contributed by atoms with Crippen LogP contribution in [0.4, 0.5) is 0 Å². The standard InChI is InChI=1S/C15H12N2O2/c1-10-8-12(2-3-13(10)15(18)19)17-7-5-11-9-16-6-4-14(11)17/h2-9H,1H3,(H,18,19). The Morgan fingerprint density at radius 2 is 2.11 bits per heavy atom. The molecule has 94 valence electrons. The van der Waals surface area contributed by atoms with Gasteiger partial charge in [0.25, 0.3) is 0 Å². The second-order valence-electron chi connectivity index (χ2n) is 4.42. The Kier molecular flexibility index (Phi) is 2.56. The van der Waals surface area contributed by atoms with E-state index in [0.717, 1.165) is 22.2 Å². The van der Waals surface area contributed by atoms with E-state index in [1.165, 1.54) is 0 Å². The molecule has 1 N–H and O–H groups in total. The lowest BCUT2D eigenvalue weighted by atomic mass is 10.1. The molecule has 0 bridgehead atoms. The smallest absolute Gasteiger partial charge is 0.335 e. The highest BCUT2D eigenvalue weighted by Gasteiger charge is 2.09.